The first-order chi connectivity index (χ1) is 16.7. The number of anilines is 1. The van der Waals surface area contributed by atoms with Crippen LogP contribution in [0.4, 0.5) is 5.69 Å². The van der Waals surface area contributed by atoms with E-state index in [4.69, 9.17) is 44.3 Å². The van der Waals surface area contributed by atoms with Gasteiger partial charge < -0.3 is 14.4 Å². The van der Waals surface area contributed by atoms with Crippen molar-refractivity contribution in [1.29, 1.82) is 0 Å². The highest BCUT2D eigenvalue weighted by molar-refractivity contribution is 8.00. The molecular formula is C24H23Cl3N2O5S. The molecule has 1 aromatic carbocycles. The molecule has 3 rings (SSSR count). The number of carbonyl (C=O) groups is 3. The number of aromatic nitrogens is 1. The summed E-state index contributed by atoms with van der Waals surface area (Å²) in [7, 11) is 2.60. The highest BCUT2D eigenvalue weighted by Crippen LogP contribution is 2.39. The Kier molecular flexibility index (Phi) is 9.86. The molecule has 0 unspecified atom stereocenters. The summed E-state index contributed by atoms with van der Waals surface area (Å²) in [5.74, 6) is -1.27. The van der Waals surface area contributed by atoms with E-state index in [0.29, 0.717) is 50.3 Å². The van der Waals surface area contributed by atoms with Gasteiger partial charge in [-0.25, -0.2) is 9.78 Å². The Morgan fingerprint density at radius 2 is 1.71 bits per heavy atom. The minimum atomic E-state index is -0.516. The van der Waals surface area contributed by atoms with Crippen LogP contribution < -0.4 is 4.90 Å². The molecule has 0 atom stereocenters. The molecule has 1 amide bonds. The van der Waals surface area contributed by atoms with Gasteiger partial charge in [-0.05, 0) is 49.4 Å². The van der Waals surface area contributed by atoms with Crippen molar-refractivity contribution in [3.63, 3.8) is 0 Å². The fraction of sp³-hybridized carbons (Fsp3) is 0.333. The third kappa shape index (κ3) is 6.91. The van der Waals surface area contributed by atoms with Crippen LogP contribution in [0.15, 0.2) is 46.5 Å². The SMILES string of the molecule is COC(=O)CSc1cc(N(Cc2ccc(Cl)nc2)C(=O)C2=C(C(=O)OC)CCCC2)c(Cl)cc1Cl. The van der Waals surface area contributed by atoms with E-state index in [9.17, 15) is 14.4 Å². The molecule has 1 heterocycles. The lowest BCUT2D eigenvalue weighted by Gasteiger charge is -2.28. The molecule has 1 aliphatic rings. The molecular weight excluding hydrogens is 535 g/mol. The summed E-state index contributed by atoms with van der Waals surface area (Å²) < 4.78 is 9.63. The summed E-state index contributed by atoms with van der Waals surface area (Å²) in [6.07, 6.45) is 4.02. The Morgan fingerprint density at radius 3 is 2.34 bits per heavy atom. The fourth-order valence-electron chi connectivity index (χ4n) is 3.63. The molecule has 35 heavy (non-hydrogen) atoms. The van der Waals surface area contributed by atoms with Crippen molar-refractivity contribution in [3.8, 4) is 0 Å². The van der Waals surface area contributed by atoms with Crippen molar-refractivity contribution in [1.82, 2.24) is 4.98 Å². The van der Waals surface area contributed by atoms with Crippen LogP contribution in [-0.4, -0.2) is 42.8 Å². The predicted octanol–water partition coefficient (Wildman–Crippen LogP) is 5.88. The lowest BCUT2D eigenvalue weighted by molar-refractivity contribution is -0.138. The maximum Gasteiger partial charge on any atom is 0.334 e. The van der Waals surface area contributed by atoms with E-state index in [1.54, 1.807) is 24.4 Å². The monoisotopic (exact) mass is 556 g/mol. The fourth-order valence-corrected chi connectivity index (χ4v) is 5.18. The largest absolute Gasteiger partial charge is 0.468 e. The normalized spacial score (nSPS) is 13.4. The molecule has 0 saturated heterocycles. The average molecular weight is 558 g/mol. The Labute approximate surface area is 222 Å². The first-order valence-electron chi connectivity index (χ1n) is 10.7. The molecule has 186 valence electrons. The number of thioether (sulfide) groups is 1. The number of carbonyl (C=O) groups excluding carboxylic acids is 3. The summed E-state index contributed by atoms with van der Waals surface area (Å²) >= 11 is 20.0. The minimum Gasteiger partial charge on any atom is -0.468 e. The van der Waals surface area contributed by atoms with E-state index < -0.39 is 11.9 Å². The smallest absolute Gasteiger partial charge is 0.334 e. The number of nitrogens with zero attached hydrogens (tertiary/aromatic N) is 2. The number of methoxy groups -OCH3 is 2. The van der Waals surface area contributed by atoms with Gasteiger partial charge in [0.1, 0.15) is 5.15 Å². The van der Waals surface area contributed by atoms with Crippen LogP contribution in [0.1, 0.15) is 31.2 Å². The van der Waals surface area contributed by atoms with Crippen molar-refractivity contribution in [2.45, 2.75) is 37.1 Å². The van der Waals surface area contributed by atoms with Crippen LogP contribution in [-0.2, 0) is 30.4 Å². The summed E-state index contributed by atoms with van der Waals surface area (Å²) in [5.41, 5.74) is 1.84. The molecule has 11 heteroatoms. The maximum atomic E-state index is 13.9. The van der Waals surface area contributed by atoms with E-state index in [1.807, 2.05) is 0 Å². The molecule has 0 aliphatic heterocycles. The number of esters is 2. The van der Waals surface area contributed by atoms with Gasteiger partial charge in [-0.1, -0.05) is 40.9 Å². The van der Waals surface area contributed by atoms with E-state index >= 15 is 0 Å². The molecule has 0 spiro atoms. The topological polar surface area (TPSA) is 85.8 Å². The minimum absolute atomic E-state index is 0.0317. The molecule has 2 aromatic rings. The first-order valence-corrected chi connectivity index (χ1v) is 12.8. The lowest BCUT2D eigenvalue weighted by atomic mass is 9.90. The predicted molar refractivity (Wildman–Crippen MR) is 137 cm³/mol. The number of hydrogen-bond donors (Lipinski definition) is 0. The quantitative estimate of drug-likeness (QED) is 0.227. The molecule has 0 N–H and O–H groups in total. The van der Waals surface area contributed by atoms with Crippen LogP contribution in [0.5, 0.6) is 0 Å². The summed E-state index contributed by atoms with van der Waals surface area (Å²) in [6.45, 7) is 0.114. The standard InChI is InChI=1S/C24H23Cl3N2O5S/c1-33-22(30)13-35-20-10-19(17(25)9-18(20)26)29(12-14-7-8-21(27)28-11-14)23(31)15-5-3-4-6-16(15)24(32)34-2/h7-11H,3-6,12-13H2,1-2H3. The number of rotatable bonds is 8. The van der Waals surface area contributed by atoms with Gasteiger partial charge >= 0.3 is 11.9 Å². The zero-order chi connectivity index (χ0) is 25.5. The van der Waals surface area contributed by atoms with Crippen LogP contribution in [0.2, 0.25) is 15.2 Å². The third-order valence-corrected chi connectivity index (χ3v) is 7.38. The van der Waals surface area contributed by atoms with Crippen LogP contribution in [0, 0.1) is 0 Å². The molecule has 1 aliphatic carbocycles. The molecule has 7 nitrogen and oxygen atoms in total. The zero-order valence-electron chi connectivity index (χ0n) is 19.1. The highest BCUT2D eigenvalue weighted by Gasteiger charge is 2.30. The van der Waals surface area contributed by atoms with Gasteiger partial charge in [-0.15, -0.1) is 11.8 Å². The number of ether oxygens (including phenoxy) is 2. The van der Waals surface area contributed by atoms with Crippen molar-refractivity contribution in [2.75, 3.05) is 24.9 Å². The van der Waals surface area contributed by atoms with Crippen molar-refractivity contribution in [2.24, 2.45) is 0 Å². The second kappa shape index (κ2) is 12.6. The Hall–Kier alpha value is -2.26. The molecule has 1 aromatic heterocycles. The summed E-state index contributed by atoms with van der Waals surface area (Å²) in [5, 5.41) is 0.893. The van der Waals surface area contributed by atoms with E-state index in [-0.39, 0.29) is 23.2 Å². The summed E-state index contributed by atoms with van der Waals surface area (Å²) in [4.78, 5) is 44.1. The number of amides is 1. The van der Waals surface area contributed by atoms with Gasteiger partial charge in [0.15, 0.2) is 0 Å². The molecule has 0 saturated carbocycles. The van der Waals surface area contributed by atoms with Gasteiger partial charge in [0, 0.05) is 22.2 Å². The second-order valence-electron chi connectivity index (χ2n) is 7.64. The summed E-state index contributed by atoms with van der Waals surface area (Å²) in [6, 6.07) is 6.55. The first kappa shape index (κ1) is 27.3. The lowest BCUT2D eigenvalue weighted by Crippen LogP contribution is -2.34. The van der Waals surface area contributed by atoms with Crippen LogP contribution in [0.3, 0.4) is 0 Å². The number of hydrogen-bond acceptors (Lipinski definition) is 7. The zero-order valence-corrected chi connectivity index (χ0v) is 22.2. The van der Waals surface area contributed by atoms with Crippen LogP contribution >= 0.6 is 46.6 Å². The number of benzene rings is 1. The molecule has 0 bridgehead atoms. The average Bonchev–Trinajstić information content (AvgIpc) is 2.87. The Morgan fingerprint density at radius 1 is 1.00 bits per heavy atom. The van der Waals surface area contributed by atoms with Gasteiger partial charge in [-0.2, -0.15) is 0 Å². The molecule has 0 radical (unpaired) electrons. The number of pyridine rings is 1. The van der Waals surface area contributed by atoms with E-state index in [1.165, 1.54) is 36.9 Å². The Balaban J connectivity index is 2.09. The van der Waals surface area contributed by atoms with Gasteiger partial charge in [0.05, 0.1) is 42.2 Å². The third-order valence-electron chi connectivity index (χ3n) is 5.40. The van der Waals surface area contributed by atoms with Gasteiger partial charge in [0.25, 0.3) is 5.91 Å². The molecule has 0 fully saturated rings. The van der Waals surface area contributed by atoms with Crippen LogP contribution in [0.25, 0.3) is 0 Å². The van der Waals surface area contributed by atoms with Crippen molar-refractivity contribution < 1.29 is 23.9 Å². The van der Waals surface area contributed by atoms with Gasteiger partial charge in [-0.3, -0.25) is 9.59 Å². The van der Waals surface area contributed by atoms with Gasteiger partial charge in [0.2, 0.25) is 0 Å². The second-order valence-corrected chi connectivity index (χ2v) is 9.85. The maximum absolute atomic E-state index is 13.9. The Bertz CT molecular complexity index is 1150. The van der Waals surface area contributed by atoms with Crippen molar-refractivity contribution >= 4 is 70.1 Å². The number of halogens is 3. The highest BCUT2D eigenvalue weighted by atomic mass is 35.5. The van der Waals surface area contributed by atoms with E-state index in [2.05, 4.69) is 4.98 Å². The van der Waals surface area contributed by atoms with Crippen molar-refractivity contribution in [3.05, 3.63) is 62.4 Å². The van der Waals surface area contributed by atoms with E-state index in [0.717, 1.165) is 12.8 Å².